The molecule has 0 saturated carbocycles. The lowest BCUT2D eigenvalue weighted by atomic mass is 10.1. The fourth-order valence-corrected chi connectivity index (χ4v) is 3.32. The number of hydrogen-bond donors (Lipinski definition) is 1. The molecule has 1 fully saturated rings. The summed E-state index contributed by atoms with van der Waals surface area (Å²) in [4.78, 5) is 14.6. The summed E-state index contributed by atoms with van der Waals surface area (Å²) in [6.07, 6.45) is 5.73. The Morgan fingerprint density at radius 3 is 2.65 bits per heavy atom. The van der Waals surface area contributed by atoms with Crippen LogP contribution in [0.3, 0.4) is 0 Å². The van der Waals surface area contributed by atoms with Crippen LogP contribution in [0.15, 0.2) is 47.1 Å². The van der Waals surface area contributed by atoms with E-state index in [-0.39, 0.29) is 11.9 Å². The SMILES string of the molecule is Cc1ccc(OCCC(=O)NCC(c2ccco2)N2CCCCC2)cc1. The molecule has 5 nitrogen and oxygen atoms in total. The third kappa shape index (κ3) is 5.36. The second kappa shape index (κ2) is 9.43. The van der Waals surface area contributed by atoms with Crippen molar-refractivity contribution in [1.29, 1.82) is 0 Å². The molecule has 0 aliphatic carbocycles. The van der Waals surface area contributed by atoms with Gasteiger partial charge < -0.3 is 14.5 Å². The summed E-state index contributed by atoms with van der Waals surface area (Å²) in [6, 6.07) is 11.9. The Balaban J connectivity index is 1.45. The molecule has 26 heavy (non-hydrogen) atoms. The number of benzene rings is 1. The zero-order valence-corrected chi connectivity index (χ0v) is 15.4. The minimum Gasteiger partial charge on any atom is -0.493 e. The molecule has 0 spiro atoms. The van der Waals surface area contributed by atoms with E-state index in [0.717, 1.165) is 24.6 Å². The van der Waals surface area contributed by atoms with Gasteiger partial charge in [-0.25, -0.2) is 0 Å². The van der Waals surface area contributed by atoms with Crippen molar-refractivity contribution >= 4 is 5.91 Å². The number of nitrogens with one attached hydrogen (secondary N) is 1. The molecule has 1 aromatic heterocycles. The van der Waals surface area contributed by atoms with Gasteiger partial charge in [-0.15, -0.1) is 0 Å². The van der Waals surface area contributed by atoms with E-state index in [1.165, 1.54) is 24.8 Å². The van der Waals surface area contributed by atoms with Gasteiger partial charge in [0.2, 0.25) is 5.91 Å². The number of aryl methyl sites for hydroxylation is 1. The van der Waals surface area contributed by atoms with Crippen molar-refractivity contribution in [1.82, 2.24) is 10.2 Å². The summed E-state index contributed by atoms with van der Waals surface area (Å²) in [6.45, 7) is 5.09. The average Bonchev–Trinajstić information content (AvgIpc) is 3.19. The molecule has 1 saturated heterocycles. The summed E-state index contributed by atoms with van der Waals surface area (Å²) in [5.41, 5.74) is 1.19. The first-order valence-electron chi connectivity index (χ1n) is 9.46. The van der Waals surface area contributed by atoms with Crippen molar-refractivity contribution in [3.8, 4) is 5.75 Å². The number of hydrogen-bond acceptors (Lipinski definition) is 4. The minimum absolute atomic E-state index is 0.00526. The molecule has 1 N–H and O–H groups in total. The highest BCUT2D eigenvalue weighted by molar-refractivity contribution is 5.76. The van der Waals surface area contributed by atoms with Crippen LogP contribution in [0, 0.1) is 6.92 Å². The first-order chi connectivity index (χ1) is 12.7. The predicted octanol–water partition coefficient (Wildman–Crippen LogP) is 3.70. The number of ether oxygens (including phenoxy) is 1. The van der Waals surface area contributed by atoms with Gasteiger partial charge in [0.05, 0.1) is 25.3 Å². The largest absolute Gasteiger partial charge is 0.493 e. The van der Waals surface area contributed by atoms with Gasteiger partial charge in [-0.05, 0) is 57.1 Å². The first kappa shape index (κ1) is 18.5. The number of likely N-dealkylation sites (tertiary alicyclic amines) is 1. The molecule has 2 aromatic rings. The Labute approximate surface area is 155 Å². The molecule has 2 heterocycles. The summed E-state index contributed by atoms with van der Waals surface area (Å²) >= 11 is 0. The lowest BCUT2D eigenvalue weighted by molar-refractivity contribution is -0.121. The van der Waals surface area contributed by atoms with E-state index in [1.807, 2.05) is 43.3 Å². The predicted molar refractivity (Wildman–Crippen MR) is 101 cm³/mol. The lowest BCUT2D eigenvalue weighted by Crippen LogP contribution is -2.40. The second-order valence-electron chi connectivity index (χ2n) is 6.84. The van der Waals surface area contributed by atoms with Crippen LogP contribution in [0.1, 0.15) is 43.0 Å². The van der Waals surface area contributed by atoms with Crippen LogP contribution in [0.4, 0.5) is 0 Å². The van der Waals surface area contributed by atoms with E-state index in [0.29, 0.717) is 19.6 Å². The van der Waals surface area contributed by atoms with Gasteiger partial charge in [0, 0.05) is 6.54 Å². The van der Waals surface area contributed by atoms with Crippen LogP contribution in [0.25, 0.3) is 0 Å². The third-order valence-corrected chi connectivity index (χ3v) is 4.81. The highest BCUT2D eigenvalue weighted by Crippen LogP contribution is 2.24. The van der Waals surface area contributed by atoms with Crippen molar-refractivity contribution in [3.63, 3.8) is 0 Å². The first-order valence-corrected chi connectivity index (χ1v) is 9.46. The summed E-state index contributed by atoms with van der Waals surface area (Å²) in [5.74, 6) is 1.72. The molecule has 0 radical (unpaired) electrons. The number of carbonyl (C=O) groups is 1. The molecule has 1 unspecified atom stereocenters. The lowest BCUT2D eigenvalue weighted by Gasteiger charge is -2.33. The Bertz CT molecular complexity index is 661. The highest BCUT2D eigenvalue weighted by Gasteiger charge is 2.24. The molecule has 1 amide bonds. The van der Waals surface area contributed by atoms with Crippen molar-refractivity contribution in [2.45, 2.75) is 38.6 Å². The number of amides is 1. The molecular formula is C21H28N2O3. The van der Waals surface area contributed by atoms with E-state index < -0.39 is 0 Å². The van der Waals surface area contributed by atoms with Crippen molar-refractivity contribution in [2.75, 3.05) is 26.2 Å². The fraction of sp³-hybridized carbons (Fsp3) is 0.476. The monoisotopic (exact) mass is 356 g/mol. The van der Waals surface area contributed by atoms with Gasteiger partial charge in [-0.1, -0.05) is 24.1 Å². The summed E-state index contributed by atoms with van der Waals surface area (Å²) in [5, 5.41) is 3.04. The molecule has 1 aliphatic heterocycles. The van der Waals surface area contributed by atoms with E-state index in [4.69, 9.17) is 9.15 Å². The number of piperidine rings is 1. The Hall–Kier alpha value is -2.27. The van der Waals surface area contributed by atoms with Crippen LogP contribution < -0.4 is 10.1 Å². The Morgan fingerprint density at radius 2 is 1.96 bits per heavy atom. The van der Waals surface area contributed by atoms with Gasteiger partial charge in [0.1, 0.15) is 11.5 Å². The maximum Gasteiger partial charge on any atom is 0.223 e. The van der Waals surface area contributed by atoms with Gasteiger partial charge in [0.25, 0.3) is 0 Å². The van der Waals surface area contributed by atoms with Gasteiger partial charge in [-0.2, -0.15) is 0 Å². The molecule has 140 valence electrons. The summed E-state index contributed by atoms with van der Waals surface area (Å²) < 4.78 is 11.2. The van der Waals surface area contributed by atoms with E-state index in [2.05, 4.69) is 10.2 Å². The molecule has 0 bridgehead atoms. The van der Waals surface area contributed by atoms with Crippen molar-refractivity contribution < 1.29 is 13.9 Å². The van der Waals surface area contributed by atoms with Crippen LogP contribution in [0.2, 0.25) is 0 Å². The number of rotatable bonds is 8. The Kier molecular flexibility index (Phi) is 6.72. The van der Waals surface area contributed by atoms with Crippen molar-refractivity contribution in [3.05, 3.63) is 54.0 Å². The summed E-state index contributed by atoms with van der Waals surface area (Å²) in [7, 11) is 0. The molecular weight excluding hydrogens is 328 g/mol. The van der Waals surface area contributed by atoms with Gasteiger partial charge in [-0.3, -0.25) is 9.69 Å². The average molecular weight is 356 g/mol. The van der Waals surface area contributed by atoms with Crippen molar-refractivity contribution in [2.24, 2.45) is 0 Å². The third-order valence-electron chi connectivity index (χ3n) is 4.81. The quantitative estimate of drug-likeness (QED) is 0.784. The molecule has 1 aliphatic rings. The zero-order valence-electron chi connectivity index (χ0n) is 15.4. The maximum atomic E-state index is 12.2. The van der Waals surface area contributed by atoms with E-state index >= 15 is 0 Å². The van der Waals surface area contributed by atoms with E-state index in [1.54, 1.807) is 6.26 Å². The van der Waals surface area contributed by atoms with Gasteiger partial charge >= 0.3 is 0 Å². The van der Waals surface area contributed by atoms with Crippen LogP contribution in [-0.2, 0) is 4.79 Å². The smallest absolute Gasteiger partial charge is 0.223 e. The van der Waals surface area contributed by atoms with Gasteiger partial charge in [0.15, 0.2) is 0 Å². The normalized spacial score (nSPS) is 16.2. The zero-order chi connectivity index (χ0) is 18.2. The molecule has 1 aromatic carbocycles. The van der Waals surface area contributed by atoms with Crippen LogP contribution in [-0.4, -0.2) is 37.0 Å². The number of furan rings is 1. The highest BCUT2D eigenvalue weighted by atomic mass is 16.5. The number of carbonyl (C=O) groups excluding carboxylic acids is 1. The number of nitrogens with zero attached hydrogens (tertiary/aromatic N) is 1. The topological polar surface area (TPSA) is 54.7 Å². The second-order valence-corrected chi connectivity index (χ2v) is 6.84. The molecule has 5 heteroatoms. The van der Waals surface area contributed by atoms with E-state index in [9.17, 15) is 4.79 Å². The minimum atomic E-state index is 0.00526. The molecule has 1 atom stereocenters. The standard InChI is InChI=1S/C21H28N2O3/c1-17-7-9-18(10-8-17)25-15-11-21(24)22-16-19(20-6-5-14-26-20)23-12-3-2-4-13-23/h5-10,14,19H,2-4,11-13,15-16H2,1H3,(H,22,24). The maximum absolute atomic E-state index is 12.2. The van der Waals surface area contributed by atoms with Crippen LogP contribution in [0.5, 0.6) is 5.75 Å². The Morgan fingerprint density at radius 1 is 1.19 bits per heavy atom. The van der Waals surface area contributed by atoms with Crippen LogP contribution >= 0.6 is 0 Å². The molecule has 3 rings (SSSR count). The fourth-order valence-electron chi connectivity index (χ4n) is 3.32.